The summed E-state index contributed by atoms with van der Waals surface area (Å²) in [7, 11) is 0. The summed E-state index contributed by atoms with van der Waals surface area (Å²) >= 11 is 11.4. The van der Waals surface area contributed by atoms with Gasteiger partial charge in [0.15, 0.2) is 0 Å². The first-order valence-corrected chi connectivity index (χ1v) is 6.01. The fraction of sp³-hybridized carbons (Fsp3) is 0.364. The van der Waals surface area contributed by atoms with Gasteiger partial charge in [-0.15, -0.1) is 11.6 Å². The Morgan fingerprint density at radius 2 is 1.88 bits per heavy atom. The molecule has 0 aliphatic carbocycles. The molecule has 0 unspecified atom stereocenters. The van der Waals surface area contributed by atoms with Gasteiger partial charge in [-0.3, -0.25) is 4.90 Å². The fourth-order valence-corrected chi connectivity index (χ4v) is 2.08. The summed E-state index contributed by atoms with van der Waals surface area (Å²) < 4.78 is 0. The van der Waals surface area contributed by atoms with Crippen molar-refractivity contribution in [2.45, 2.75) is 0 Å². The van der Waals surface area contributed by atoms with Crippen molar-refractivity contribution >= 4 is 34.9 Å². The maximum atomic E-state index is 11.9. The maximum absolute atomic E-state index is 11.9. The highest BCUT2D eigenvalue weighted by molar-refractivity contribution is 6.30. The summed E-state index contributed by atoms with van der Waals surface area (Å²) in [6, 6.07) is 7.29. The largest absolute Gasteiger partial charge is 0.324 e. The molecule has 0 atom stereocenters. The molecule has 2 rings (SSSR count). The Labute approximate surface area is 105 Å². The molecule has 0 aromatic heterocycles. The van der Waals surface area contributed by atoms with Gasteiger partial charge < -0.3 is 4.90 Å². The molecule has 1 aromatic rings. The number of nitrogens with zero attached hydrogens (tertiary/aromatic N) is 2. The van der Waals surface area contributed by atoms with Gasteiger partial charge in [-0.25, -0.2) is 4.79 Å². The SMILES string of the molecule is O=C1N(CCCl)CCN1c1ccc(Cl)cc1. The zero-order valence-electron chi connectivity index (χ0n) is 8.70. The highest BCUT2D eigenvalue weighted by Crippen LogP contribution is 2.22. The Bertz CT molecular complexity index is 380. The second kappa shape index (κ2) is 4.93. The smallest absolute Gasteiger partial charge is 0.321 e. The van der Waals surface area contributed by atoms with Gasteiger partial charge in [0.2, 0.25) is 0 Å². The molecule has 1 aliphatic heterocycles. The zero-order valence-corrected chi connectivity index (χ0v) is 10.2. The van der Waals surface area contributed by atoms with Crippen molar-refractivity contribution in [3.05, 3.63) is 29.3 Å². The third-order valence-electron chi connectivity index (χ3n) is 2.59. The summed E-state index contributed by atoms with van der Waals surface area (Å²) in [4.78, 5) is 15.4. The molecule has 5 heteroatoms. The predicted molar refractivity (Wildman–Crippen MR) is 66.5 cm³/mol. The molecule has 0 saturated carbocycles. The number of hydrogen-bond donors (Lipinski definition) is 0. The highest BCUT2D eigenvalue weighted by Gasteiger charge is 2.28. The highest BCUT2D eigenvalue weighted by atomic mass is 35.5. The van der Waals surface area contributed by atoms with Gasteiger partial charge in [0, 0.05) is 36.2 Å². The fourth-order valence-electron chi connectivity index (χ4n) is 1.75. The molecule has 1 heterocycles. The van der Waals surface area contributed by atoms with E-state index in [1.807, 2.05) is 12.1 Å². The Morgan fingerprint density at radius 1 is 1.19 bits per heavy atom. The van der Waals surface area contributed by atoms with Crippen LogP contribution in [0.5, 0.6) is 0 Å². The lowest BCUT2D eigenvalue weighted by Gasteiger charge is -2.17. The van der Waals surface area contributed by atoms with Crippen LogP contribution in [0.15, 0.2) is 24.3 Å². The average molecular weight is 259 g/mol. The Balaban J connectivity index is 2.12. The topological polar surface area (TPSA) is 23.6 Å². The van der Waals surface area contributed by atoms with Crippen LogP contribution in [0.4, 0.5) is 10.5 Å². The van der Waals surface area contributed by atoms with Crippen molar-refractivity contribution in [2.24, 2.45) is 0 Å². The number of benzene rings is 1. The van der Waals surface area contributed by atoms with E-state index >= 15 is 0 Å². The van der Waals surface area contributed by atoms with Crippen molar-refractivity contribution < 1.29 is 4.79 Å². The second-order valence-corrected chi connectivity index (χ2v) is 4.40. The minimum absolute atomic E-state index is 0.0166. The van der Waals surface area contributed by atoms with Crippen LogP contribution in [0.25, 0.3) is 0 Å². The van der Waals surface area contributed by atoms with Gasteiger partial charge in [0.25, 0.3) is 0 Å². The first-order chi connectivity index (χ1) is 7.72. The number of carbonyl (C=O) groups excluding carboxylic acids is 1. The molecule has 1 saturated heterocycles. The zero-order chi connectivity index (χ0) is 11.5. The lowest BCUT2D eigenvalue weighted by Crippen LogP contribution is -2.32. The number of hydrogen-bond acceptors (Lipinski definition) is 1. The summed E-state index contributed by atoms with van der Waals surface area (Å²) in [5.74, 6) is 0.472. The average Bonchev–Trinajstić information content (AvgIpc) is 2.63. The van der Waals surface area contributed by atoms with Gasteiger partial charge in [0.05, 0.1) is 0 Å². The number of urea groups is 1. The van der Waals surface area contributed by atoms with Crippen LogP contribution in [0.1, 0.15) is 0 Å². The Morgan fingerprint density at radius 3 is 2.50 bits per heavy atom. The second-order valence-electron chi connectivity index (χ2n) is 3.59. The van der Waals surface area contributed by atoms with E-state index in [-0.39, 0.29) is 6.03 Å². The van der Waals surface area contributed by atoms with Crippen LogP contribution in [0.2, 0.25) is 5.02 Å². The molecule has 0 radical (unpaired) electrons. The molecular weight excluding hydrogens is 247 g/mol. The van der Waals surface area contributed by atoms with Gasteiger partial charge in [-0.05, 0) is 24.3 Å². The third-order valence-corrected chi connectivity index (χ3v) is 3.01. The van der Waals surface area contributed by atoms with Crippen LogP contribution in [-0.2, 0) is 0 Å². The number of alkyl halides is 1. The number of rotatable bonds is 3. The van der Waals surface area contributed by atoms with E-state index in [9.17, 15) is 4.79 Å². The van der Waals surface area contributed by atoms with Gasteiger partial charge in [-0.1, -0.05) is 11.6 Å². The molecule has 86 valence electrons. The van der Waals surface area contributed by atoms with E-state index in [1.54, 1.807) is 21.9 Å². The summed E-state index contributed by atoms with van der Waals surface area (Å²) in [5, 5.41) is 0.674. The van der Waals surface area contributed by atoms with Gasteiger partial charge >= 0.3 is 6.03 Å². The quantitative estimate of drug-likeness (QED) is 0.765. The number of anilines is 1. The number of carbonyl (C=O) groups is 1. The third kappa shape index (κ3) is 2.25. The van der Waals surface area contributed by atoms with Gasteiger partial charge in [-0.2, -0.15) is 0 Å². The van der Waals surface area contributed by atoms with Crippen LogP contribution in [-0.4, -0.2) is 36.4 Å². The number of halogens is 2. The molecule has 3 nitrogen and oxygen atoms in total. The van der Waals surface area contributed by atoms with Crippen LogP contribution >= 0.6 is 23.2 Å². The molecule has 0 bridgehead atoms. The monoisotopic (exact) mass is 258 g/mol. The van der Waals surface area contributed by atoms with Crippen molar-refractivity contribution in [3.8, 4) is 0 Å². The predicted octanol–water partition coefficient (Wildman–Crippen LogP) is 2.82. The lowest BCUT2D eigenvalue weighted by molar-refractivity contribution is 0.223. The molecule has 0 spiro atoms. The molecule has 1 fully saturated rings. The van der Waals surface area contributed by atoms with Crippen LogP contribution < -0.4 is 4.90 Å². The minimum atomic E-state index is 0.0166. The molecule has 16 heavy (non-hydrogen) atoms. The maximum Gasteiger partial charge on any atom is 0.324 e. The lowest BCUT2D eigenvalue weighted by atomic mass is 10.3. The summed E-state index contributed by atoms with van der Waals surface area (Å²) in [6.45, 7) is 2.04. The van der Waals surface area contributed by atoms with Crippen LogP contribution in [0, 0.1) is 0 Å². The molecular formula is C11H12Cl2N2O. The minimum Gasteiger partial charge on any atom is -0.321 e. The van der Waals surface area contributed by atoms with E-state index in [0.29, 0.717) is 24.0 Å². The summed E-state index contributed by atoms with van der Waals surface area (Å²) in [5.41, 5.74) is 0.881. The van der Waals surface area contributed by atoms with E-state index in [1.165, 1.54) is 0 Å². The standard InChI is InChI=1S/C11H12Cl2N2O/c12-5-6-14-7-8-15(11(14)16)10-3-1-9(13)2-4-10/h1-4H,5-8H2. The van der Waals surface area contributed by atoms with E-state index in [2.05, 4.69) is 0 Å². The van der Waals surface area contributed by atoms with Gasteiger partial charge in [0.1, 0.15) is 0 Å². The van der Waals surface area contributed by atoms with Crippen LogP contribution in [0.3, 0.4) is 0 Å². The molecule has 2 amide bonds. The van der Waals surface area contributed by atoms with Crippen molar-refractivity contribution in [1.29, 1.82) is 0 Å². The van der Waals surface area contributed by atoms with E-state index < -0.39 is 0 Å². The Kier molecular flexibility index (Phi) is 3.56. The van der Waals surface area contributed by atoms with Crippen molar-refractivity contribution in [3.63, 3.8) is 0 Å². The first kappa shape index (κ1) is 11.6. The molecule has 0 N–H and O–H groups in total. The van der Waals surface area contributed by atoms with Crippen molar-refractivity contribution in [1.82, 2.24) is 4.90 Å². The normalized spacial score (nSPS) is 16.0. The molecule has 1 aromatic carbocycles. The number of amides is 2. The summed E-state index contributed by atoms with van der Waals surface area (Å²) in [6.07, 6.45) is 0. The molecule has 1 aliphatic rings. The van der Waals surface area contributed by atoms with Crippen molar-refractivity contribution in [2.75, 3.05) is 30.4 Å². The first-order valence-electron chi connectivity index (χ1n) is 5.10. The van der Waals surface area contributed by atoms with E-state index in [4.69, 9.17) is 23.2 Å². The van der Waals surface area contributed by atoms with E-state index in [0.717, 1.165) is 12.2 Å². The Hall–Kier alpha value is -0.930.